The quantitative estimate of drug-likeness (QED) is 0.241. The molecule has 0 aliphatic rings. The molecule has 232 valence electrons. The fraction of sp³-hybridized carbons (Fsp3) is 0.375. The number of ether oxygens (including phenoxy) is 2. The van der Waals surface area contributed by atoms with Crippen LogP contribution in [0.4, 0.5) is 5.69 Å². The van der Waals surface area contributed by atoms with Gasteiger partial charge in [-0.2, -0.15) is 0 Å². The highest BCUT2D eigenvalue weighted by Crippen LogP contribution is 2.31. The number of halogens is 1. The van der Waals surface area contributed by atoms with Crippen LogP contribution in [0.25, 0.3) is 0 Å². The van der Waals surface area contributed by atoms with Crippen molar-refractivity contribution in [3.8, 4) is 11.5 Å². The van der Waals surface area contributed by atoms with E-state index in [9.17, 15) is 18.0 Å². The number of sulfonamides is 1. The number of carbonyl (C=O) groups excluding carboxylic acids is 2. The van der Waals surface area contributed by atoms with Gasteiger partial charge in [-0.05, 0) is 83.2 Å². The number of rotatable bonds is 14. The zero-order valence-electron chi connectivity index (χ0n) is 25.5. The van der Waals surface area contributed by atoms with Crippen LogP contribution in [0.5, 0.6) is 11.5 Å². The van der Waals surface area contributed by atoms with Crippen molar-refractivity contribution in [3.05, 3.63) is 82.3 Å². The molecule has 0 aromatic heterocycles. The predicted octanol–water partition coefficient (Wildman–Crippen LogP) is 5.55. The second kappa shape index (κ2) is 15.2. The average molecular weight is 675 g/mol. The number of nitrogens with one attached hydrogen (secondary N) is 1. The minimum atomic E-state index is -4.22. The first kappa shape index (κ1) is 33.9. The van der Waals surface area contributed by atoms with E-state index in [1.165, 1.54) is 24.1 Å². The highest BCUT2D eigenvalue weighted by atomic mass is 79.9. The number of anilines is 1. The van der Waals surface area contributed by atoms with Gasteiger partial charge in [-0.1, -0.05) is 50.6 Å². The molecular weight excluding hydrogens is 634 g/mol. The first-order chi connectivity index (χ1) is 20.4. The van der Waals surface area contributed by atoms with Crippen LogP contribution in [0.3, 0.4) is 0 Å². The smallest absolute Gasteiger partial charge is 0.264 e. The topological polar surface area (TPSA) is 105 Å². The highest BCUT2D eigenvalue weighted by molar-refractivity contribution is 9.10. The van der Waals surface area contributed by atoms with Gasteiger partial charge in [0, 0.05) is 13.1 Å². The molecule has 0 heterocycles. The third-order valence-corrected chi connectivity index (χ3v) is 9.26. The van der Waals surface area contributed by atoms with Crippen LogP contribution in [-0.2, 0) is 26.2 Å². The van der Waals surface area contributed by atoms with Crippen LogP contribution in [0, 0.1) is 12.8 Å². The van der Waals surface area contributed by atoms with Gasteiger partial charge in [0.2, 0.25) is 11.8 Å². The number of carbonyl (C=O) groups is 2. The van der Waals surface area contributed by atoms with E-state index < -0.39 is 28.5 Å². The highest BCUT2D eigenvalue weighted by Gasteiger charge is 2.34. The van der Waals surface area contributed by atoms with E-state index in [4.69, 9.17) is 9.47 Å². The van der Waals surface area contributed by atoms with Crippen LogP contribution in [-0.4, -0.2) is 58.5 Å². The normalized spacial score (nSPS) is 12.0. The molecule has 11 heteroatoms. The summed E-state index contributed by atoms with van der Waals surface area (Å²) in [5.41, 5.74) is 2.00. The SMILES string of the molecule is CC[C@@H](C(=O)NCC(C)C)N(Cc1cccc(OC)c1)C(=O)CN(c1ccc(C)cc1)S(=O)(=O)c1ccc(OC)c(Br)c1. The van der Waals surface area contributed by atoms with Crippen molar-refractivity contribution < 1.29 is 27.5 Å². The van der Waals surface area contributed by atoms with Crippen molar-refractivity contribution in [2.45, 2.75) is 51.6 Å². The Balaban J connectivity index is 2.08. The lowest BCUT2D eigenvalue weighted by molar-refractivity contribution is -0.140. The van der Waals surface area contributed by atoms with Crippen molar-refractivity contribution >= 4 is 43.5 Å². The Kier molecular flexibility index (Phi) is 12.0. The van der Waals surface area contributed by atoms with Crippen LogP contribution in [0.1, 0.15) is 38.3 Å². The molecule has 9 nitrogen and oxygen atoms in total. The van der Waals surface area contributed by atoms with E-state index in [2.05, 4.69) is 21.2 Å². The van der Waals surface area contributed by atoms with Crippen LogP contribution in [0.15, 0.2) is 76.1 Å². The zero-order chi connectivity index (χ0) is 31.7. The molecule has 0 fully saturated rings. The molecule has 0 radical (unpaired) electrons. The number of hydrogen-bond donors (Lipinski definition) is 1. The first-order valence-corrected chi connectivity index (χ1v) is 16.3. The maximum absolute atomic E-state index is 14.2. The molecule has 0 aliphatic heterocycles. The van der Waals surface area contributed by atoms with Gasteiger partial charge >= 0.3 is 0 Å². The molecule has 1 atom stereocenters. The van der Waals surface area contributed by atoms with Crippen molar-refractivity contribution in [2.75, 3.05) is 31.6 Å². The fourth-order valence-corrected chi connectivity index (χ4v) is 6.62. The van der Waals surface area contributed by atoms with E-state index in [0.29, 0.717) is 34.6 Å². The summed E-state index contributed by atoms with van der Waals surface area (Å²) in [6.07, 6.45) is 0.336. The number of amides is 2. The number of nitrogens with zero attached hydrogens (tertiary/aromatic N) is 2. The molecule has 1 N–H and O–H groups in total. The van der Waals surface area contributed by atoms with Crippen LogP contribution >= 0.6 is 15.9 Å². The van der Waals surface area contributed by atoms with E-state index in [0.717, 1.165) is 15.4 Å². The monoisotopic (exact) mass is 673 g/mol. The average Bonchev–Trinajstić information content (AvgIpc) is 2.99. The fourth-order valence-electron chi connectivity index (χ4n) is 4.48. The lowest BCUT2D eigenvalue weighted by atomic mass is 10.1. The summed E-state index contributed by atoms with van der Waals surface area (Å²) in [5, 5.41) is 2.93. The lowest BCUT2D eigenvalue weighted by Crippen LogP contribution is -2.52. The molecule has 0 bridgehead atoms. The van der Waals surface area contributed by atoms with Crippen molar-refractivity contribution in [1.82, 2.24) is 10.2 Å². The summed E-state index contributed by atoms with van der Waals surface area (Å²) < 4.78 is 40.4. The molecule has 0 unspecified atom stereocenters. The number of aryl methyl sites for hydroxylation is 1. The van der Waals surface area contributed by atoms with Crippen LogP contribution < -0.4 is 19.1 Å². The molecule has 0 saturated carbocycles. The third-order valence-electron chi connectivity index (χ3n) is 6.87. The zero-order valence-corrected chi connectivity index (χ0v) is 27.9. The first-order valence-electron chi connectivity index (χ1n) is 14.0. The van der Waals surface area contributed by atoms with Gasteiger partial charge in [0.05, 0.1) is 29.3 Å². The molecule has 0 spiro atoms. The summed E-state index contributed by atoms with van der Waals surface area (Å²) in [6.45, 7) is 7.71. The Morgan fingerprint density at radius 3 is 2.26 bits per heavy atom. The Labute approximate surface area is 263 Å². The molecular formula is C32H40BrN3O6S. The molecule has 3 aromatic carbocycles. The third kappa shape index (κ3) is 8.73. The summed E-state index contributed by atoms with van der Waals surface area (Å²) in [4.78, 5) is 29.0. The summed E-state index contributed by atoms with van der Waals surface area (Å²) in [6, 6.07) is 17.7. The minimum Gasteiger partial charge on any atom is -0.497 e. The van der Waals surface area contributed by atoms with Crippen molar-refractivity contribution in [3.63, 3.8) is 0 Å². The number of hydrogen-bond acceptors (Lipinski definition) is 6. The van der Waals surface area contributed by atoms with Gasteiger partial charge in [-0.15, -0.1) is 0 Å². The van der Waals surface area contributed by atoms with E-state index in [-0.39, 0.29) is 23.3 Å². The molecule has 0 saturated heterocycles. The second-order valence-electron chi connectivity index (χ2n) is 10.6. The molecule has 3 rings (SSSR count). The van der Waals surface area contributed by atoms with E-state index in [1.807, 2.05) is 33.8 Å². The lowest BCUT2D eigenvalue weighted by Gasteiger charge is -2.33. The maximum atomic E-state index is 14.2. The summed E-state index contributed by atoms with van der Waals surface area (Å²) >= 11 is 3.37. The molecule has 0 aliphatic carbocycles. The Morgan fingerprint density at radius 2 is 1.67 bits per heavy atom. The second-order valence-corrected chi connectivity index (χ2v) is 13.3. The molecule has 3 aromatic rings. The Bertz CT molecular complexity index is 1510. The van der Waals surface area contributed by atoms with Crippen LogP contribution in [0.2, 0.25) is 0 Å². The van der Waals surface area contributed by atoms with Crippen molar-refractivity contribution in [2.24, 2.45) is 5.92 Å². The minimum absolute atomic E-state index is 0.0189. The maximum Gasteiger partial charge on any atom is 0.264 e. The van der Waals surface area contributed by atoms with Crippen molar-refractivity contribution in [1.29, 1.82) is 0 Å². The summed E-state index contributed by atoms with van der Waals surface area (Å²) in [7, 11) is -1.18. The predicted molar refractivity (Wildman–Crippen MR) is 172 cm³/mol. The van der Waals surface area contributed by atoms with E-state index >= 15 is 0 Å². The van der Waals surface area contributed by atoms with Gasteiger partial charge in [0.25, 0.3) is 10.0 Å². The molecule has 2 amide bonds. The van der Waals surface area contributed by atoms with Gasteiger partial charge < -0.3 is 19.7 Å². The number of methoxy groups -OCH3 is 2. The standard InChI is InChI=1S/C32H40BrN3O6S/c1-7-29(32(38)34-19-22(2)3)35(20-24-9-8-10-26(17-24)41-5)31(37)21-36(25-13-11-23(4)12-14-25)43(39,40)27-15-16-30(42-6)28(33)18-27/h8-18,22,29H,7,19-21H2,1-6H3,(H,34,38)/t29-/m0/s1. The van der Waals surface area contributed by atoms with Gasteiger partial charge in [-0.3, -0.25) is 13.9 Å². The van der Waals surface area contributed by atoms with E-state index in [1.54, 1.807) is 55.6 Å². The molecule has 43 heavy (non-hydrogen) atoms. The summed E-state index contributed by atoms with van der Waals surface area (Å²) in [5.74, 6) is 0.480. The van der Waals surface area contributed by atoms with Gasteiger partial charge in [-0.25, -0.2) is 8.42 Å². The number of benzene rings is 3. The largest absolute Gasteiger partial charge is 0.497 e. The Morgan fingerprint density at radius 1 is 0.977 bits per heavy atom. The Hall–Kier alpha value is -3.57. The van der Waals surface area contributed by atoms with Gasteiger partial charge in [0.15, 0.2) is 0 Å². The van der Waals surface area contributed by atoms with Gasteiger partial charge in [0.1, 0.15) is 24.1 Å².